The van der Waals surface area contributed by atoms with E-state index in [1.807, 2.05) is 0 Å². The van der Waals surface area contributed by atoms with Gasteiger partial charge < -0.3 is 96.3 Å². The monoisotopic (exact) mass is 1490 g/mol. The standard InChI is InChI=1S/C35H52N2O17.C28H44INO12/c38-26-29-24-28(32(37(44)45)25-30(29)27-39)3-4-31(40)2-1-8-46-10-12-48-14-16-50-18-20-52-22-23-53-21-19-51-17-15-49-13-11-47-9-7-35(43)54-36-33(41)5-6-34(36)42;29-5-7-37-9-11-39-13-15-41-17-19-42-18-16-40-14-12-38-10-8-36-6-1-2-27(33)4-3-24-20-25(22-31)26(23-32)21-28(24)30(34)35/h3-4,24-25,38-39H,1-2,5-23,26-27H2;3-4,20-21,31-32H,1-2,5-19,22-23H2/b2*4-3+. The third-order valence-corrected chi connectivity index (χ3v) is 13.2. The Morgan fingerprint density at radius 3 is 0.906 bits per heavy atom. The average Bonchev–Trinajstić information content (AvgIpc) is 1.57. The lowest BCUT2D eigenvalue weighted by Crippen LogP contribution is -2.32. The molecule has 2 aromatic carbocycles. The van der Waals surface area contributed by atoms with Crippen molar-refractivity contribution in [2.45, 2.75) is 71.4 Å². The number of amides is 2. The summed E-state index contributed by atoms with van der Waals surface area (Å²) in [4.78, 5) is 85.0. The van der Waals surface area contributed by atoms with Crippen LogP contribution in [0.5, 0.6) is 0 Å². The molecule has 1 saturated heterocycles. The number of alkyl halides is 1. The van der Waals surface area contributed by atoms with E-state index in [9.17, 15) is 64.6 Å². The number of hydrogen-bond donors (Lipinski definition) is 4. The number of halogens is 1. The number of nitrogens with zero attached hydrogens (tertiary/aromatic N) is 3. The molecular formula is C63H96IN3O29. The first-order chi connectivity index (χ1) is 46.8. The van der Waals surface area contributed by atoms with Gasteiger partial charge in [-0.25, -0.2) is 4.79 Å². The smallest absolute Gasteiger partial charge is 0.335 e. The second-order valence-corrected chi connectivity index (χ2v) is 21.1. The zero-order chi connectivity index (χ0) is 69.9. The van der Waals surface area contributed by atoms with E-state index in [0.29, 0.717) is 207 Å². The van der Waals surface area contributed by atoms with Crippen LogP contribution in [0.1, 0.15) is 78.3 Å². The summed E-state index contributed by atoms with van der Waals surface area (Å²) in [5.74, 6) is -2.19. The van der Waals surface area contributed by atoms with Gasteiger partial charge in [-0.2, -0.15) is 0 Å². The minimum absolute atomic E-state index is 0.0459. The van der Waals surface area contributed by atoms with Crippen molar-refractivity contribution in [3.05, 3.63) is 90.0 Å². The van der Waals surface area contributed by atoms with Crippen LogP contribution in [-0.4, -0.2) is 267 Å². The fraction of sp³-hybridized carbons (Fsp3) is 0.667. The maximum atomic E-state index is 12.2. The SMILES string of the molecule is O=C(/C=C/c1cc(CO)c(CO)cc1[N+](=O)[O-])CCCOCCOCCOCCOCCOCCOCCOCCI.O=C(/C=C/c1cc(CO)c(CO)cc1[N+](=O)[O-])CCCOCCOCCOCCOCCOCCOCCOCCOCCC(=O)ON1C(=O)CCC1=O. The highest BCUT2D eigenvalue weighted by atomic mass is 127. The maximum Gasteiger partial charge on any atom is 0.335 e. The van der Waals surface area contributed by atoms with Gasteiger partial charge >= 0.3 is 5.97 Å². The van der Waals surface area contributed by atoms with Gasteiger partial charge in [-0.05, 0) is 71.5 Å². The van der Waals surface area contributed by atoms with Crippen LogP contribution in [0.25, 0.3) is 12.2 Å². The number of aliphatic hydroxyl groups excluding tert-OH is 4. The van der Waals surface area contributed by atoms with Crippen molar-refractivity contribution < 1.29 is 130 Å². The van der Waals surface area contributed by atoms with Gasteiger partial charge in [0.25, 0.3) is 23.2 Å². The second-order valence-electron chi connectivity index (χ2n) is 20.0. The number of ketones is 2. The number of carbonyl (C=O) groups excluding carboxylic acids is 5. The predicted octanol–water partition coefficient (Wildman–Crippen LogP) is 3.57. The summed E-state index contributed by atoms with van der Waals surface area (Å²) in [5, 5.41) is 60.7. The van der Waals surface area contributed by atoms with Crippen LogP contribution in [0.3, 0.4) is 0 Å². The minimum Gasteiger partial charge on any atom is -0.392 e. The summed E-state index contributed by atoms with van der Waals surface area (Å²) < 4.78 is 82.1. The number of benzene rings is 2. The molecule has 1 aliphatic heterocycles. The van der Waals surface area contributed by atoms with Crippen LogP contribution in [0.4, 0.5) is 11.4 Å². The topological polar surface area (TPSA) is 403 Å². The number of hydroxylamine groups is 2. The molecule has 0 unspecified atom stereocenters. The molecule has 2 aromatic rings. The van der Waals surface area contributed by atoms with Gasteiger partial charge in [-0.1, -0.05) is 22.6 Å². The Morgan fingerprint density at radius 2 is 0.646 bits per heavy atom. The van der Waals surface area contributed by atoms with Crippen LogP contribution in [0.2, 0.25) is 0 Å². The number of ether oxygens (including phenoxy) is 15. The molecule has 33 heteroatoms. The van der Waals surface area contributed by atoms with Gasteiger partial charge in [-0.15, -0.1) is 5.06 Å². The van der Waals surface area contributed by atoms with Crippen LogP contribution in [0.15, 0.2) is 36.4 Å². The van der Waals surface area contributed by atoms with E-state index in [1.165, 1.54) is 48.6 Å². The molecule has 0 spiro atoms. The van der Waals surface area contributed by atoms with Crippen LogP contribution in [0, 0.1) is 20.2 Å². The Bertz CT molecular complexity index is 2510. The quantitative estimate of drug-likeness (QED) is 0.0140. The van der Waals surface area contributed by atoms with Crippen LogP contribution < -0.4 is 0 Å². The molecule has 4 N–H and O–H groups in total. The van der Waals surface area contributed by atoms with Gasteiger partial charge in [0.05, 0.1) is 239 Å². The van der Waals surface area contributed by atoms with E-state index < -0.39 is 47.5 Å². The van der Waals surface area contributed by atoms with Crippen LogP contribution >= 0.6 is 22.6 Å². The first-order valence-electron chi connectivity index (χ1n) is 31.5. The van der Waals surface area contributed by atoms with Crippen molar-refractivity contribution in [2.75, 3.05) is 203 Å². The zero-order valence-electron chi connectivity index (χ0n) is 54.5. The average molecular weight is 1490 g/mol. The molecule has 0 aliphatic carbocycles. The van der Waals surface area contributed by atoms with E-state index in [-0.39, 0.29) is 97.1 Å². The molecule has 1 aliphatic rings. The molecule has 0 aromatic heterocycles. The summed E-state index contributed by atoms with van der Waals surface area (Å²) in [6.07, 6.45) is 6.60. The molecule has 2 amide bonds. The molecule has 0 bridgehead atoms. The molecule has 96 heavy (non-hydrogen) atoms. The fourth-order valence-electron chi connectivity index (χ4n) is 7.87. The van der Waals surface area contributed by atoms with Gasteiger partial charge in [0.2, 0.25) is 0 Å². The molecule has 32 nitrogen and oxygen atoms in total. The van der Waals surface area contributed by atoms with Crippen molar-refractivity contribution in [1.29, 1.82) is 0 Å². The number of rotatable bonds is 63. The molecule has 0 radical (unpaired) electrons. The summed E-state index contributed by atoms with van der Waals surface area (Å²) in [7, 11) is 0. The molecule has 0 saturated carbocycles. The number of hydrogen-bond acceptors (Lipinski definition) is 29. The molecule has 3 rings (SSSR count). The summed E-state index contributed by atoms with van der Waals surface area (Å²) in [6.45, 7) is 11.1. The lowest BCUT2D eigenvalue weighted by molar-refractivity contribution is -0.385. The number of nitro benzene ring substituents is 2. The second kappa shape index (κ2) is 59.7. The third kappa shape index (κ3) is 43.8. The minimum atomic E-state index is -0.715. The summed E-state index contributed by atoms with van der Waals surface area (Å²) >= 11 is 2.26. The number of nitro groups is 2. The third-order valence-electron chi connectivity index (χ3n) is 12.8. The van der Waals surface area contributed by atoms with Crippen LogP contribution in [-0.2, 0) is 126 Å². The number of carbonyl (C=O) groups is 5. The summed E-state index contributed by atoms with van der Waals surface area (Å²) in [6, 6.07) is 5.19. The zero-order valence-corrected chi connectivity index (χ0v) is 56.7. The van der Waals surface area contributed by atoms with Crippen molar-refractivity contribution in [3.63, 3.8) is 0 Å². The molecular weight excluding hydrogens is 1390 g/mol. The first kappa shape index (κ1) is 86.7. The Morgan fingerprint density at radius 1 is 0.396 bits per heavy atom. The van der Waals surface area contributed by atoms with E-state index >= 15 is 0 Å². The highest BCUT2D eigenvalue weighted by Gasteiger charge is 2.32. The van der Waals surface area contributed by atoms with Gasteiger partial charge in [-0.3, -0.25) is 39.4 Å². The van der Waals surface area contributed by atoms with E-state index in [1.54, 1.807) is 0 Å². The molecule has 1 heterocycles. The lowest BCUT2D eigenvalue weighted by Gasteiger charge is -2.12. The highest BCUT2D eigenvalue weighted by Crippen LogP contribution is 2.27. The predicted molar refractivity (Wildman–Crippen MR) is 349 cm³/mol. The number of aliphatic hydroxyl groups is 4. The van der Waals surface area contributed by atoms with Gasteiger partial charge in [0, 0.05) is 55.5 Å². The normalized spacial score (nSPS) is 12.4. The largest absolute Gasteiger partial charge is 0.392 e. The van der Waals surface area contributed by atoms with Crippen molar-refractivity contribution in [2.24, 2.45) is 0 Å². The van der Waals surface area contributed by atoms with E-state index in [0.717, 1.165) is 11.0 Å². The Hall–Kier alpha value is -5.36. The van der Waals surface area contributed by atoms with Gasteiger partial charge in [0.15, 0.2) is 11.6 Å². The Balaban J connectivity index is 0.000000675. The Kier molecular flexibility index (Phi) is 53.9. The van der Waals surface area contributed by atoms with E-state index in [2.05, 4.69) is 22.6 Å². The molecule has 0 atom stereocenters. The maximum absolute atomic E-state index is 12.2. The van der Waals surface area contributed by atoms with Crippen molar-refractivity contribution in [3.8, 4) is 0 Å². The molecule has 1 fully saturated rings. The molecule has 544 valence electrons. The van der Waals surface area contributed by atoms with Crippen molar-refractivity contribution >= 4 is 75.5 Å². The highest BCUT2D eigenvalue weighted by molar-refractivity contribution is 14.1. The Labute approximate surface area is 572 Å². The van der Waals surface area contributed by atoms with Crippen molar-refractivity contribution in [1.82, 2.24) is 5.06 Å². The first-order valence-corrected chi connectivity index (χ1v) is 33.1. The number of imide groups is 1. The lowest BCUT2D eigenvalue weighted by atomic mass is 10.0. The summed E-state index contributed by atoms with van der Waals surface area (Å²) in [5.41, 5.74) is 1.09. The van der Waals surface area contributed by atoms with E-state index in [4.69, 9.17) is 75.9 Å². The number of allylic oxidation sites excluding steroid dienone is 2. The fourth-order valence-corrected chi connectivity index (χ4v) is 8.18. The van der Waals surface area contributed by atoms with Gasteiger partial charge in [0.1, 0.15) is 0 Å².